The Morgan fingerprint density at radius 1 is 0.923 bits per heavy atom. The van der Waals surface area contributed by atoms with E-state index in [9.17, 15) is 9.59 Å². The molecule has 0 aliphatic heterocycles. The molecule has 0 aromatic rings. The average Bonchev–Trinajstić information content (AvgIpc) is 1.79. The summed E-state index contributed by atoms with van der Waals surface area (Å²) in [4.78, 5) is 19.1. The SMILES string of the molecule is O=C(O)/C=C/C(=O)O.O=S(=O)(O)O. The molecule has 0 atom stereocenters. The van der Waals surface area contributed by atoms with E-state index in [0.29, 0.717) is 12.2 Å². The minimum atomic E-state index is -4.67. The first kappa shape index (κ1) is 14.1. The molecule has 76 valence electrons. The van der Waals surface area contributed by atoms with Gasteiger partial charge in [-0.15, -0.1) is 0 Å². The van der Waals surface area contributed by atoms with Crippen molar-refractivity contribution in [3.05, 3.63) is 12.2 Å². The fourth-order valence-electron chi connectivity index (χ4n) is 0.143. The predicted octanol–water partition coefficient (Wildman–Crippen LogP) is -0.941. The van der Waals surface area contributed by atoms with Crippen LogP contribution in [0.15, 0.2) is 12.2 Å². The summed E-state index contributed by atoms with van der Waals surface area (Å²) in [7, 11) is -4.67. The first-order chi connectivity index (χ1) is 5.63. The number of carboxylic acids is 2. The number of hydrogen-bond acceptors (Lipinski definition) is 4. The zero-order chi connectivity index (χ0) is 11.1. The van der Waals surface area contributed by atoms with Crippen molar-refractivity contribution in [3.63, 3.8) is 0 Å². The molecule has 9 heteroatoms. The van der Waals surface area contributed by atoms with E-state index in [0.717, 1.165) is 0 Å². The monoisotopic (exact) mass is 214 g/mol. The number of aliphatic carboxylic acids is 2. The van der Waals surface area contributed by atoms with E-state index in [-0.39, 0.29) is 0 Å². The van der Waals surface area contributed by atoms with Crippen LogP contribution in [0, 0.1) is 0 Å². The quantitative estimate of drug-likeness (QED) is 0.339. The molecule has 0 spiro atoms. The van der Waals surface area contributed by atoms with Crippen molar-refractivity contribution in [1.82, 2.24) is 0 Å². The Hall–Kier alpha value is -1.45. The van der Waals surface area contributed by atoms with Gasteiger partial charge in [-0.3, -0.25) is 9.11 Å². The van der Waals surface area contributed by atoms with Gasteiger partial charge in [0.05, 0.1) is 0 Å². The number of hydrogen-bond donors (Lipinski definition) is 4. The van der Waals surface area contributed by atoms with Gasteiger partial charge in [0.1, 0.15) is 0 Å². The third-order valence-electron chi connectivity index (χ3n) is 0.368. The highest BCUT2D eigenvalue weighted by molar-refractivity contribution is 7.79. The maximum Gasteiger partial charge on any atom is 0.394 e. The van der Waals surface area contributed by atoms with E-state index in [4.69, 9.17) is 27.7 Å². The fourth-order valence-corrected chi connectivity index (χ4v) is 0.143. The molecule has 0 bridgehead atoms. The van der Waals surface area contributed by atoms with Crippen LogP contribution in [0.5, 0.6) is 0 Å². The smallest absolute Gasteiger partial charge is 0.394 e. The summed E-state index contributed by atoms with van der Waals surface area (Å²) in [5, 5.41) is 15.6. The van der Waals surface area contributed by atoms with Crippen molar-refractivity contribution in [1.29, 1.82) is 0 Å². The van der Waals surface area contributed by atoms with Gasteiger partial charge in [0.2, 0.25) is 0 Å². The summed E-state index contributed by atoms with van der Waals surface area (Å²) in [5.41, 5.74) is 0. The Bertz CT molecular complexity index is 274. The van der Waals surface area contributed by atoms with Crippen molar-refractivity contribution in [2.45, 2.75) is 0 Å². The van der Waals surface area contributed by atoms with Crippen LogP contribution in [0.25, 0.3) is 0 Å². The first-order valence-electron chi connectivity index (χ1n) is 2.46. The number of rotatable bonds is 2. The molecular weight excluding hydrogens is 208 g/mol. The molecule has 0 amide bonds. The van der Waals surface area contributed by atoms with Gasteiger partial charge in [0, 0.05) is 12.2 Å². The summed E-state index contributed by atoms with van der Waals surface area (Å²) < 4.78 is 31.6. The Kier molecular flexibility index (Phi) is 6.62. The summed E-state index contributed by atoms with van der Waals surface area (Å²) in [6.45, 7) is 0. The second-order valence-electron chi connectivity index (χ2n) is 1.46. The molecular formula is C4H6O8S. The van der Waals surface area contributed by atoms with Gasteiger partial charge in [-0.05, 0) is 0 Å². The summed E-state index contributed by atoms with van der Waals surface area (Å²) in [6.07, 6.45) is 1.12. The molecule has 0 rings (SSSR count). The van der Waals surface area contributed by atoms with E-state index < -0.39 is 22.3 Å². The highest BCUT2D eigenvalue weighted by Gasteiger charge is 1.88. The molecule has 0 heterocycles. The fraction of sp³-hybridized carbons (Fsp3) is 0. The van der Waals surface area contributed by atoms with Crippen molar-refractivity contribution >= 4 is 22.3 Å². The number of carbonyl (C=O) groups is 2. The second kappa shape index (κ2) is 6.11. The maximum atomic E-state index is 9.55. The van der Waals surface area contributed by atoms with Crippen LogP contribution in [0.3, 0.4) is 0 Å². The molecule has 0 aliphatic rings. The Balaban J connectivity index is 0. The number of carboxylic acid groups (broad SMARTS) is 2. The molecule has 0 aromatic carbocycles. The maximum absolute atomic E-state index is 9.55. The standard InChI is InChI=1S/C4H4O4.H2O4S/c5-3(6)1-2-4(7)8;1-5(2,3)4/h1-2H,(H,5,6)(H,7,8);(H2,1,2,3,4)/b2-1+;. The second-order valence-corrected chi connectivity index (χ2v) is 2.35. The molecule has 0 radical (unpaired) electrons. The normalized spacial score (nSPS) is 10.3. The molecule has 0 fully saturated rings. The van der Waals surface area contributed by atoms with Crippen LogP contribution >= 0.6 is 0 Å². The Labute approximate surface area is 72.7 Å². The van der Waals surface area contributed by atoms with E-state index in [1.54, 1.807) is 0 Å². The van der Waals surface area contributed by atoms with Crippen molar-refractivity contribution < 1.29 is 37.3 Å². The van der Waals surface area contributed by atoms with Crippen molar-refractivity contribution in [2.75, 3.05) is 0 Å². The zero-order valence-corrected chi connectivity index (χ0v) is 6.80. The molecule has 0 aliphatic carbocycles. The van der Waals surface area contributed by atoms with Gasteiger partial charge in [-0.25, -0.2) is 9.59 Å². The summed E-state index contributed by atoms with van der Waals surface area (Å²) in [6, 6.07) is 0. The van der Waals surface area contributed by atoms with Crippen molar-refractivity contribution in [2.24, 2.45) is 0 Å². The lowest BCUT2D eigenvalue weighted by Crippen LogP contribution is -1.91. The van der Waals surface area contributed by atoms with Crippen LogP contribution in [0.2, 0.25) is 0 Å². The summed E-state index contributed by atoms with van der Waals surface area (Å²) in [5.74, 6) is -2.51. The molecule has 0 saturated carbocycles. The van der Waals surface area contributed by atoms with Gasteiger partial charge in [0.25, 0.3) is 0 Å². The highest BCUT2D eigenvalue weighted by atomic mass is 32.3. The lowest BCUT2D eigenvalue weighted by atomic mass is 10.5. The topological polar surface area (TPSA) is 149 Å². The molecule has 0 saturated heterocycles. The van der Waals surface area contributed by atoms with Gasteiger partial charge >= 0.3 is 22.3 Å². The first-order valence-corrected chi connectivity index (χ1v) is 3.86. The van der Waals surface area contributed by atoms with Crippen LogP contribution in [0.4, 0.5) is 0 Å². The van der Waals surface area contributed by atoms with Crippen LogP contribution in [-0.4, -0.2) is 39.7 Å². The van der Waals surface area contributed by atoms with Gasteiger partial charge < -0.3 is 10.2 Å². The lowest BCUT2D eigenvalue weighted by Gasteiger charge is -1.74. The molecule has 8 nitrogen and oxygen atoms in total. The molecule has 13 heavy (non-hydrogen) atoms. The van der Waals surface area contributed by atoms with Gasteiger partial charge in [-0.1, -0.05) is 0 Å². The predicted molar refractivity (Wildman–Crippen MR) is 38.6 cm³/mol. The Morgan fingerprint density at radius 2 is 1.08 bits per heavy atom. The molecule has 4 N–H and O–H groups in total. The van der Waals surface area contributed by atoms with Crippen LogP contribution in [0.1, 0.15) is 0 Å². The van der Waals surface area contributed by atoms with E-state index >= 15 is 0 Å². The lowest BCUT2D eigenvalue weighted by molar-refractivity contribution is -0.134. The minimum absolute atomic E-state index is 0.558. The van der Waals surface area contributed by atoms with Crippen LogP contribution in [-0.2, 0) is 20.0 Å². The van der Waals surface area contributed by atoms with E-state index in [1.165, 1.54) is 0 Å². The molecule has 0 aromatic heterocycles. The van der Waals surface area contributed by atoms with Crippen LogP contribution < -0.4 is 0 Å². The highest BCUT2D eigenvalue weighted by Crippen LogP contribution is 1.70. The third-order valence-corrected chi connectivity index (χ3v) is 0.368. The summed E-state index contributed by atoms with van der Waals surface area (Å²) >= 11 is 0. The molecule has 0 unspecified atom stereocenters. The van der Waals surface area contributed by atoms with E-state index in [1.807, 2.05) is 0 Å². The average molecular weight is 214 g/mol. The minimum Gasteiger partial charge on any atom is -0.478 e. The largest absolute Gasteiger partial charge is 0.478 e. The van der Waals surface area contributed by atoms with E-state index in [2.05, 4.69) is 0 Å². The zero-order valence-electron chi connectivity index (χ0n) is 5.98. The van der Waals surface area contributed by atoms with Gasteiger partial charge in [0.15, 0.2) is 0 Å². The third kappa shape index (κ3) is 61.2. The van der Waals surface area contributed by atoms with Gasteiger partial charge in [-0.2, -0.15) is 8.42 Å². The van der Waals surface area contributed by atoms with Crippen molar-refractivity contribution in [3.8, 4) is 0 Å². The Morgan fingerprint density at radius 3 is 1.15 bits per heavy atom.